The molecule has 18 heavy (non-hydrogen) atoms. The van der Waals surface area contributed by atoms with Crippen molar-refractivity contribution in [3.8, 4) is 17.2 Å². The number of phenols is 1. The Morgan fingerprint density at radius 3 is 2.83 bits per heavy atom. The minimum atomic E-state index is 0.171. The van der Waals surface area contributed by atoms with Crippen LogP contribution in [0.25, 0.3) is 0 Å². The van der Waals surface area contributed by atoms with Crippen molar-refractivity contribution in [2.24, 2.45) is 5.92 Å². The number of phenolic OH excluding ortho intramolecular Hbond substituents is 1. The van der Waals surface area contributed by atoms with Crippen molar-refractivity contribution in [3.05, 3.63) is 42.0 Å². The zero-order valence-electron chi connectivity index (χ0n) is 10.7. The molecule has 1 aromatic rings. The quantitative estimate of drug-likeness (QED) is 0.885. The highest BCUT2D eigenvalue weighted by molar-refractivity contribution is 5.45. The summed E-state index contributed by atoms with van der Waals surface area (Å²) in [6, 6.07) is 4.84. The van der Waals surface area contributed by atoms with Crippen LogP contribution < -0.4 is 9.47 Å². The van der Waals surface area contributed by atoms with Crippen LogP contribution >= 0.6 is 0 Å². The number of aromatic hydroxyl groups is 1. The SMILES string of the molecule is COc1cc(O)ccc1OCC1=CCC(C)C=C1. The van der Waals surface area contributed by atoms with E-state index in [2.05, 4.69) is 25.2 Å². The lowest BCUT2D eigenvalue weighted by atomic mass is 9.99. The van der Waals surface area contributed by atoms with E-state index in [9.17, 15) is 5.11 Å². The number of ether oxygens (including phenoxy) is 2. The van der Waals surface area contributed by atoms with Crippen LogP contribution in [0, 0.1) is 5.92 Å². The van der Waals surface area contributed by atoms with Crippen LogP contribution in [0.4, 0.5) is 0 Å². The standard InChI is InChI=1S/C15H18O3/c1-11-3-5-12(6-4-11)10-18-14-8-7-13(16)9-15(14)17-2/h3,5-9,11,16H,4,10H2,1-2H3. The zero-order chi connectivity index (χ0) is 13.0. The summed E-state index contributed by atoms with van der Waals surface area (Å²) in [5, 5.41) is 9.36. The fraction of sp³-hybridized carbons (Fsp3) is 0.333. The van der Waals surface area contributed by atoms with Gasteiger partial charge in [0.2, 0.25) is 0 Å². The molecule has 0 amide bonds. The van der Waals surface area contributed by atoms with Crippen LogP contribution in [-0.2, 0) is 0 Å². The molecule has 2 rings (SSSR count). The lowest BCUT2D eigenvalue weighted by Gasteiger charge is -2.14. The van der Waals surface area contributed by atoms with Crippen LogP contribution in [0.3, 0.4) is 0 Å². The van der Waals surface area contributed by atoms with E-state index < -0.39 is 0 Å². The largest absolute Gasteiger partial charge is 0.508 e. The third-order valence-corrected chi connectivity index (χ3v) is 2.93. The van der Waals surface area contributed by atoms with Gasteiger partial charge in [0.1, 0.15) is 12.4 Å². The number of allylic oxidation sites excluding steroid dienone is 2. The highest BCUT2D eigenvalue weighted by Gasteiger charge is 2.08. The first-order chi connectivity index (χ1) is 8.69. The van der Waals surface area contributed by atoms with E-state index in [1.165, 1.54) is 5.57 Å². The van der Waals surface area contributed by atoms with Crippen molar-refractivity contribution in [1.29, 1.82) is 0 Å². The molecule has 96 valence electrons. The topological polar surface area (TPSA) is 38.7 Å². The number of rotatable bonds is 4. The van der Waals surface area contributed by atoms with Crippen molar-refractivity contribution in [1.82, 2.24) is 0 Å². The van der Waals surface area contributed by atoms with E-state index in [0.29, 0.717) is 24.0 Å². The van der Waals surface area contributed by atoms with E-state index in [1.807, 2.05) is 0 Å². The summed E-state index contributed by atoms with van der Waals surface area (Å²) in [6.45, 7) is 2.71. The summed E-state index contributed by atoms with van der Waals surface area (Å²) in [4.78, 5) is 0. The molecule has 1 aromatic carbocycles. The van der Waals surface area contributed by atoms with Crippen LogP contribution in [0.2, 0.25) is 0 Å². The monoisotopic (exact) mass is 246 g/mol. The molecule has 0 radical (unpaired) electrons. The Kier molecular flexibility index (Phi) is 3.92. The van der Waals surface area contributed by atoms with E-state index in [4.69, 9.17) is 9.47 Å². The Morgan fingerprint density at radius 2 is 2.17 bits per heavy atom. The van der Waals surface area contributed by atoms with Crippen LogP contribution in [0.1, 0.15) is 13.3 Å². The molecule has 0 spiro atoms. The Morgan fingerprint density at radius 1 is 1.33 bits per heavy atom. The van der Waals surface area contributed by atoms with Gasteiger partial charge in [-0.1, -0.05) is 25.2 Å². The minimum absolute atomic E-state index is 0.171. The second-order valence-corrected chi connectivity index (χ2v) is 4.47. The van der Waals surface area contributed by atoms with Gasteiger partial charge >= 0.3 is 0 Å². The third-order valence-electron chi connectivity index (χ3n) is 2.93. The molecule has 0 aromatic heterocycles. The fourth-order valence-electron chi connectivity index (χ4n) is 1.82. The van der Waals surface area contributed by atoms with E-state index in [0.717, 1.165) is 6.42 Å². The normalized spacial score (nSPS) is 18.3. The summed E-state index contributed by atoms with van der Waals surface area (Å²) in [6.07, 6.45) is 7.53. The maximum absolute atomic E-state index is 9.36. The molecule has 0 fully saturated rings. The van der Waals surface area contributed by atoms with Crippen molar-refractivity contribution < 1.29 is 14.6 Å². The van der Waals surface area contributed by atoms with Gasteiger partial charge in [-0.3, -0.25) is 0 Å². The average Bonchev–Trinajstić information content (AvgIpc) is 2.39. The second-order valence-electron chi connectivity index (χ2n) is 4.47. The maximum atomic E-state index is 9.36. The van der Waals surface area contributed by atoms with Gasteiger partial charge < -0.3 is 14.6 Å². The van der Waals surface area contributed by atoms with Gasteiger partial charge in [0, 0.05) is 6.07 Å². The lowest BCUT2D eigenvalue weighted by molar-refractivity contribution is 0.319. The summed E-state index contributed by atoms with van der Waals surface area (Å²) < 4.78 is 10.9. The predicted octanol–water partition coefficient (Wildman–Crippen LogP) is 3.30. The number of benzene rings is 1. The highest BCUT2D eigenvalue weighted by Crippen LogP contribution is 2.31. The van der Waals surface area contributed by atoms with Gasteiger partial charge in [-0.2, -0.15) is 0 Å². The fourth-order valence-corrected chi connectivity index (χ4v) is 1.82. The van der Waals surface area contributed by atoms with Gasteiger partial charge in [-0.05, 0) is 30.0 Å². The minimum Gasteiger partial charge on any atom is -0.508 e. The van der Waals surface area contributed by atoms with Crippen LogP contribution in [0.5, 0.6) is 17.2 Å². The Bertz CT molecular complexity index is 475. The molecule has 1 unspecified atom stereocenters. The molecule has 0 saturated carbocycles. The molecule has 0 heterocycles. The van der Waals surface area contributed by atoms with Crippen molar-refractivity contribution >= 4 is 0 Å². The predicted molar refractivity (Wildman–Crippen MR) is 71.2 cm³/mol. The Labute approximate surface area is 107 Å². The summed E-state index contributed by atoms with van der Waals surface area (Å²) in [7, 11) is 1.56. The first kappa shape index (κ1) is 12.6. The van der Waals surface area contributed by atoms with Gasteiger partial charge in [0.15, 0.2) is 11.5 Å². The van der Waals surface area contributed by atoms with Crippen molar-refractivity contribution in [2.45, 2.75) is 13.3 Å². The Hall–Kier alpha value is -1.90. The zero-order valence-corrected chi connectivity index (χ0v) is 10.7. The molecule has 0 saturated heterocycles. The molecule has 0 aliphatic heterocycles. The summed E-state index contributed by atoms with van der Waals surface area (Å²) >= 11 is 0. The average molecular weight is 246 g/mol. The number of hydrogen-bond acceptors (Lipinski definition) is 3. The van der Waals surface area contributed by atoms with Crippen LogP contribution in [0.15, 0.2) is 42.0 Å². The molecule has 3 nitrogen and oxygen atoms in total. The maximum Gasteiger partial charge on any atom is 0.164 e. The first-order valence-electron chi connectivity index (χ1n) is 6.06. The second kappa shape index (κ2) is 5.63. The third kappa shape index (κ3) is 3.06. The molecular formula is C15H18O3. The number of hydrogen-bond donors (Lipinski definition) is 1. The molecule has 0 bridgehead atoms. The van der Waals surface area contributed by atoms with Gasteiger partial charge in [0.25, 0.3) is 0 Å². The molecule has 1 aliphatic rings. The molecule has 1 aliphatic carbocycles. The lowest BCUT2D eigenvalue weighted by Crippen LogP contribution is -2.04. The smallest absolute Gasteiger partial charge is 0.164 e. The highest BCUT2D eigenvalue weighted by atomic mass is 16.5. The van der Waals surface area contributed by atoms with Gasteiger partial charge in [0.05, 0.1) is 7.11 Å². The van der Waals surface area contributed by atoms with Crippen LogP contribution in [-0.4, -0.2) is 18.8 Å². The van der Waals surface area contributed by atoms with Crippen molar-refractivity contribution in [2.75, 3.05) is 13.7 Å². The van der Waals surface area contributed by atoms with E-state index in [1.54, 1.807) is 25.3 Å². The Balaban J connectivity index is 2.00. The van der Waals surface area contributed by atoms with Crippen molar-refractivity contribution in [3.63, 3.8) is 0 Å². The molecular weight excluding hydrogens is 228 g/mol. The van der Waals surface area contributed by atoms with E-state index >= 15 is 0 Å². The molecule has 1 N–H and O–H groups in total. The molecule has 1 atom stereocenters. The summed E-state index contributed by atoms with van der Waals surface area (Å²) in [5.41, 5.74) is 1.17. The van der Waals surface area contributed by atoms with E-state index in [-0.39, 0.29) is 5.75 Å². The number of methoxy groups -OCH3 is 1. The molecule has 3 heteroatoms. The van der Waals surface area contributed by atoms with Gasteiger partial charge in [-0.25, -0.2) is 0 Å². The van der Waals surface area contributed by atoms with Gasteiger partial charge in [-0.15, -0.1) is 0 Å². The first-order valence-corrected chi connectivity index (χ1v) is 6.06. The summed E-state index contributed by atoms with van der Waals surface area (Å²) in [5.74, 6) is 1.97.